The van der Waals surface area contributed by atoms with Crippen LogP contribution in [0.25, 0.3) is 10.2 Å². The van der Waals surface area contributed by atoms with E-state index in [4.69, 9.17) is 0 Å². The van der Waals surface area contributed by atoms with Crippen molar-refractivity contribution in [2.75, 3.05) is 10.6 Å². The zero-order valence-corrected chi connectivity index (χ0v) is 18.7. The number of anilines is 2. The van der Waals surface area contributed by atoms with E-state index in [1.54, 1.807) is 6.07 Å². The van der Waals surface area contributed by atoms with E-state index in [1.807, 2.05) is 80.6 Å². The molecule has 1 heterocycles. The molecular formula is C24H21N3O2S2. The van der Waals surface area contributed by atoms with Gasteiger partial charge in [-0.05, 0) is 56.3 Å². The van der Waals surface area contributed by atoms with E-state index in [-0.39, 0.29) is 17.1 Å². The number of fused-ring (bicyclic) bond motifs is 1. The van der Waals surface area contributed by atoms with E-state index in [1.165, 1.54) is 23.1 Å². The molecule has 0 bridgehead atoms. The lowest BCUT2D eigenvalue weighted by Gasteiger charge is -2.12. The molecule has 0 fully saturated rings. The number of thioether (sulfide) groups is 1. The van der Waals surface area contributed by atoms with Gasteiger partial charge in [-0.1, -0.05) is 47.2 Å². The predicted molar refractivity (Wildman–Crippen MR) is 129 cm³/mol. The van der Waals surface area contributed by atoms with Crippen LogP contribution >= 0.6 is 23.1 Å². The SMILES string of the molecule is Cc1cccc(C(=O)Nc2cccc(SC(C)C(=O)Nc3nc4ccccc4s3)c2)c1. The molecule has 1 aromatic heterocycles. The van der Waals surface area contributed by atoms with Crippen LogP contribution in [-0.2, 0) is 4.79 Å². The Kier molecular flexibility index (Phi) is 6.34. The molecule has 31 heavy (non-hydrogen) atoms. The number of nitrogens with zero attached hydrogens (tertiary/aromatic N) is 1. The zero-order valence-electron chi connectivity index (χ0n) is 17.1. The number of rotatable bonds is 6. The zero-order chi connectivity index (χ0) is 21.8. The summed E-state index contributed by atoms with van der Waals surface area (Å²) in [4.78, 5) is 30.5. The number of aromatic nitrogens is 1. The monoisotopic (exact) mass is 447 g/mol. The van der Waals surface area contributed by atoms with Gasteiger partial charge in [0.15, 0.2) is 5.13 Å². The maximum Gasteiger partial charge on any atom is 0.255 e. The fourth-order valence-corrected chi connectivity index (χ4v) is 4.82. The number of benzene rings is 3. The molecule has 0 radical (unpaired) electrons. The molecule has 0 aliphatic rings. The lowest BCUT2D eigenvalue weighted by molar-refractivity contribution is -0.115. The van der Waals surface area contributed by atoms with Crippen molar-refractivity contribution in [3.8, 4) is 0 Å². The van der Waals surface area contributed by atoms with Crippen LogP contribution in [0.4, 0.5) is 10.8 Å². The number of carbonyl (C=O) groups is 2. The quantitative estimate of drug-likeness (QED) is 0.357. The third-order valence-electron chi connectivity index (χ3n) is 4.58. The van der Waals surface area contributed by atoms with Gasteiger partial charge >= 0.3 is 0 Å². The van der Waals surface area contributed by atoms with Crippen molar-refractivity contribution in [1.82, 2.24) is 4.98 Å². The standard InChI is InChI=1S/C24H21N3O2S2/c1-15-7-5-8-17(13-15)23(29)25-18-9-6-10-19(14-18)30-16(2)22(28)27-24-26-20-11-3-4-12-21(20)31-24/h3-14,16H,1-2H3,(H,25,29)(H,26,27,28). The van der Waals surface area contributed by atoms with E-state index in [2.05, 4.69) is 15.6 Å². The second-order valence-electron chi connectivity index (χ2n) is 7.09. The van der Waals surface area contributed by atoms with E-state index in [0.29, 0.717) is 16.4 Å². The predicted octanol–water partition coefficient (Wildman–Crippen LogP) is 5.98. The fourth-order valence-electron chi connectivity index (χ4n) is 3.03. The minimum absolute atomic E-state index is 0.113. The molecule has 2 N–H and O–H groups in total. The van der Waals surface area contributed by atoms with Crippen LogP contribution in [0.5, 0.6) is 0 Å². The third-order valence-corrected chi connectivity index (χ3v) is 6.62. The molecule has 4 aromatic rings. The number of amides is 2. The van der Waals surface area contributed by atoms with Crippen molar-refractivity contribution >= 4 is 55.9 Å². The molecule has 3 aromatic carbocycles. The second kappa shape index (κ2) is 9.32. The number of carbonyl (C=O) groups excluding carboxylic acids is 2. The number of nitrogens with one attached hydrogen (secondary N) is 2. The summed E-state index contributed by atoms with van der Waals surface area (Å²) >= 11 is 2.89. The Morgan fingerprint density at radius 1 is 0.968 bits per heavy atom. The first-order valence-electron chi connectivity index (χ1n) is 9.79. The van der Waals surface area contributed by atoms with Crippen LogP contribution < -0.4 is 10.6 Å². The van der Waals surface area contributed by atoms with Gasteiger partial charge in [0.05, 0.1) is 15.5 Å². The summed E-state index contributed by atoms with van der Waals surface area (Å²) in [6.45, 7) is 3.81. The minimum Gasteiger partial charge on any atom is -0.322 e. The summed E-state index contributed by atoms with van der Waals surface area (Å²) in [6.07, 6.45) is 0. The van der Waals surface area contributed by atoms with Crippen molar-refractivity contribution in [2.24, 2.45) is 0 Å². The molecular weight excluding hydrogens is 426 g/mol. The molecule has 1 unspecified atom stereocenters. The van der Waals surface area contributed by atoms with Gasteiger partial charge in [-0.15, -0.1) is 11.8 Å². The maximum absolute atomic E-state index is 12.6. The van der Waals surface area contributed by atoms with Crippen molar-refractivity contribution in [3.05, 3.63) is 83.9 Å². The van der Waals surface area contributed by atoms with Crippen molar-refractivity contribution in [2.45, 2.75) is 24.0 Å². The molecule has 0 aliphatic heterocycles. The van der Waals surface area contributed by atoms with Crippen LogP contribution in [-0.4, -0.2) is 22.0 Å². The molecule has 0 spiro atoms. The first-order chi connectivity index (χ1) is 15.0. The van der Waals surface area contributed by atoms with Gasteiger partial charge in [-0.2, -0.15) is 0 Å². The smallest absolute Gasteiger partial charge is 0.255 e. The van der Waals surface area contributed by atoms with Gasteiger partial charge in [0, 0.05) is 16.1 Å². The summed E-state index contributed by atoms with van der Waals surface area (Å²) in [6, 6.07) is 22.7. The highest BCUT2D eigenvalue weighted by Crippen LogP contribution is 2.29. The van der Waals surface area contributed by atoms with E-state index in [9.17, 15) is 9.59 Å². The lowest BCUT2D eigenvalue weighted by Crippen LogP contribution is -2.22. The average molecular weight is 448 g/mol. The molecule has 156 valence electrons. The topological polar surface area (TPSA) is 71.1 Å². The van der Waals surface area contributed by atoms with Gasteiger partial charge in [0.2, 0.25) is 5.91 Å². The fraction of sp³-hybridized carbons (Fsp3) is 0.125. The summed E-state index contributed by atoms with van der Waals surface area (Å²) in [5, 5.41) is 6.10. The Hall–Kier alpha value is -3.16. The molecule has 4 rings (SSSR count). The Morgan fingerprint density at radius 3 is 2.58 bits per heavy atom. The van der Waals surface area contributed by atoms with E-state index >= 15 is 0 Å². The largest absolute Gasteiger partial charge is 0.322 e. The number of hydrogen-bond donors (Lipinski definition) is 2. The van der Waals surface area contributed by atoms with Gasteiger partial charge < -0.3 is 10.6 Å². The van der Waals surface area contributed by atoms with Crippen LogP contribution in [0.3, 0.4) is 0 Å². The summed E-state index contributed by atoms with van der Waals surface area (Å²) < 4.78 is 1.04. The van der Waals surface area contributed by atoms with Crippen molar-refractivity contribution < 1.29 is 9.59 Å². The average Bonchev–Trinajstić information content (AvgIpc) is 3.16. The Balaban J connectivity index is 1.39. The summed E-state index contributed by atoms with van der Waals surface area (Å²) in [5.41, 5.74) is 3.21. The highest BCUT2D eigenvalue weighted by molar-refractivity contribution is 8.00. The summed E-state index contributed by atoms with van der Waals surface area (Å²) in [7, 11) is 0. The summed E-state index contributed by atoms with van der Waals surface area (Å²) in [5.74, 6) is -0.272. The second-order valence-corrected chi connectivity index (χ2v) is 9.53. The van der Waals surface area contributed by atoms with Crippen molar-refractivity contribution in [1.29, 1.82) is 0 Å². The first kappa shape index (κ1) is 21.1. The number of thiazole rings is 1. The molecule has 1 atom stereocenters. The normalized spacial score (nSPS) is 11.8. The Labute approximate surface area is 188 Å². The molecule has 0 saturated heterocycles. The Morgan fingerprint density at radius 2 is 1.77 bits per heavy atom. The molecule has 0 saturated carbocycles. The number of hydrogen-bond acceptors (Lipinski definition) is 5. The van der Waals surface area contributed by atoms with Crippen LogP contribution in [0.15, 0.2) is 77.7 Å². The van der Waals surface area contributed by atoms with Crippen molar-refractivity contribution in [3.63, 3.8) is 0 Å². The van der Waals surface area contributed by atoms with Gasteiger partial charge in [-0.3, -0.25) is 9.59 Å². The number of para-hydroxylation sites is 1. The van der Waals surface area contributed by atoms with Crippen LogP contribution in [0.2, 0.25) is 0 Å². The molecule has 7 heteroatoms. The van der Waals surface area contributed by atoms with E-state index in [0.717, 1.165) is 20.7 Å². The molecule has 0 aliphatic carbocycles. The highest BCUT2D eigenvalue weighted by Gasteiger charge is 2.17. The minimum atomic E-state index is -0.324. The van der Waals surface area contributed by atoms with Gasteiger partial charge in [0.1, 0.15) is 0 Å². The third kappa shape index (κ3) is 5.31. The van der Waals surface area contributed by atoms with Crippen LogP contribution in [0, 0.1) is 6.92 Å². The van der Waals surface area contributed by atoms with Crippen LogP contribution in [0.1, 0.15) is 22.8 Å². The van der Waals surface area contributed by atoms with E-state index < -0.39 is 0 Å². The molecule has 5 nitrogen and oxygen atoms in total. The maximum atomic E-state index is 12.6. The first-order valence-corrected chi connectivity index (χ1v) is 11.5. The van der Waals surface area contributed by atoms with Gasteiger partial charge in [0.25, 0.3) is 5.91 Å². The van der Waals surface area contributed by atoms with Gasteiger partial charge in [-0.25, -0.2) is 4.98 Å². The Bertz CT molecular complexity index is 1220. The number of aryl methyl sites for hydroxylation is 1. The highest BCUT2D eigenvalue weighted by atomic mass is 32.2. The molecule has 2 amide bonds. The lowest BCUT2D eigenvalue weighted by atomic mass is 10.1.